The summed E-state index contributed by atoms with van der Waals surface area (Å²) < 4.78 is 16.8. The summed E-state index contributed by atoms with van der Waals surface area (Å²) in [7, 11) is 0.529. The lowest BCUT2D eigenvalue weighted by atomic mass is 10.1. The maximum Gasteiger partial charge on any atom is 0.136 e. The third-order valence-corrected chi connectivity index (χ3v) is 3.72. The zero-order valence-electron chi connectivity index (χ0n) is 9.97. The highest BCUT2D eigenvalue weighted by Gasteiger charge is 2.08. The Bertz CT molecular complexity index is 452. The molecule has 1 rings (SSSR count). The molecule has 2 N–H and O–H groups in total. The van der Waals surface area contributed by atoms with Gasteiger partial charge in [0.25, 0.3) is 0 Å². The number of rotatable bonds is 5. The first-order chi connectivity index (χ1) is 8.06. The van der Waals surface area contributed by atoms with Gasteiger partial charge in [-0.1, -0.05) is 6.07 Å². The van der Waals surface area contributed by atoms with Crippen molar-refractivity contribution in [3.8, 4) is 11.8 Å². The van der Waals surface area contributed by atoms with Crippen LogP contribution in [0.1, 0.15) is 18.1 Å². The Morgan fingerprint density at radius 3 is 2.82 bits per heavy atom. The van der Waals surface area contributed by atoms with Crippen LogP contribution in [0.2, 0.25) is 0 Å². The van der Waals surface area contributed by atoms with Crippen molar-refractivity contribution >= 4 is 10.8 Å². The molecule has 4 nitrogen and oxygen atoms in total. The molecule has 2 atom stereocenters. The van der Waals surface area contributed by atoms with Crippen molar-refractivity contribution in [2.75, 3.05) is 12.9 Å². The number of benzene rings is 1. The first-order valence-electron chi connectivity index (χ1n) is 5.24. The van der Waals surface area contributed by atoms with E-state index in [-0.39, 0.29) is 6.04 Å². The van der Waals surface area contributed by atoms with Gasteiger partial charge in [0.05, 0.1) is 12.7 Å². The van der Waals surface area contributed by atoms with Gasteiger partial charge < -0.3 is 10.5 Å². The maximum absolute atomic E-state index is 11.7. The van der Waals surface area contributed by atoms with Gasteiger partial charge in [0.15, 0.2) is 0 Å². The van der Waals surface area contributed by atoms with Gasteiger partial charge in [0.2, 0.25) is 0 Å². The Morgan fingerprint density at radius 2 is 2.29 bits per heavy atom. The molecule has 0 heterocycles. The minimum Gasteiger partial charge on any atom is -0.495 e. The average Bonchev–Trinajstić information content (AvgIpc) is 2.27. The molecule has 0 spiro atoms. The zero-order chi connectivity index (χ0) is 12.8. The molecule has 0 aliphatic rings. The predicted octanol–water partition coefficient (Wildman–Crippen LogP) is 1.16. The highest BCUT2D eigenvalue weighted by atomic mass is 32.2. The Labute approximate surface area is 104 Å². The van der Waals surface area contributed by atoms with Crippen LogP contribution in [0, 0.1) is 11.3 Å². The fourth-order valence-corrected chi connectivity index (χ4v) is 2.71. The number of hydrogen-bond acceptors (Lipinski definition) is 4. The average molecular weight is 252 g/mol. The molecular weight excluding hydrogens is 236 g/mol. The Hall–Kier alpha value is -1.38. The van der Waals surface area contributed by atoms with Crippen LogP contribution in [0.4, 0.5) is 0 Å². The number of hydrogen-bond donors (Lipinski definition) is 1. The van der Waals surface area contributed by atoms with Crippen LogP contribution in [-0.4, -0.2) is 23.1 Å². The molecule has 1 aromatic rings. The lowest BCUT2D eigenvalue weighted by Crippen LogP contribution is -2.23. The van der Waals surface area contributed by atoms with E-state index in [1.54, 1.807) is 18.2 Å². The van der Waals surface area contributed by atoms with Crippen LogP contribution in [0.15, 0.2) is 18.2 Å². The molecule has 0 bridgehead atoms. The van der Waals surface area contributed by atoms with E-state index in [1.165, 1.54) is 7.11 Å². The molecule has 0 amide bonds. The first-order valence-corrected chi connectivity index (χ1v) is 6.73. The SMILES string of the molecule is COc1cc(CS(=O)CC(C)N)ccc1C#N. The molecular formula is C12H16N2O2S. The van der Waals surface area contributed by atoms with Crippen LogP contribution in [0.25, 0.3) is 0 Å². The van der Waals surface area contributed by atoms with Crippen LogP contribution >= 0.6 is 0 Å². The number of nitrogens with zero attached hydrogens (tertiary/aromatic N) is 1. The third kappa shape index (κ3) is 4.17. The molecule has 0 saturated carbocycles. The minimum atomic E-state index is -0.983. The van der Waals surface area contributed by atoms with E-state index in [0.717, 1.165) is 5.56 Å². The van der Waals surface area contributed by atoms with Gasteiger partial charge in [-0.2, -0.15) is 5.26 Å². The number of nitrogens with two attached hydrogens (primary N) is 1. The van der Waals surface area contributed by atoms with Gasteiger partial charge in [-0.3, -0.25) is 4.21 Å². The normalized spacial score (nSPS) is 13.8. The maximum atomic E-state index is 11.7. The van der Waals surface area contributed by atoms with Crippen molar-refractivity contribution in [1.29, 1.82) is 5.26 Å². The molecule has 0 aliphatic carbocycles. The second kappa shape index (κ2) is 6.38. The molecule has 0 aromatic heterocycles. The Kier molecular flexibility index (Phi) is 5.13. The lowest BCUT2D eigenvalue weighted by molar-refractivity contribution is 0.413. The monoisotopic (exact) mass is 252 g/mol. The highest BCUT2D eigenvalue weighted by molar-refractivity contribution is 7.84. The molecule has 92 valence electrons. The molecule has 0 fully saturated rings. The Balaban J connectivity index is 2.80. The summed E-state index contributed by atoms with van der Waals surface area (Å²) in [5, 5.41) is 8.83. The van der Waals surface area contributed by atoms with E-state index in [2.05, 4.69) is 0 Å². The van der Waals surface area contributed by atoms with Crippen LogP contribution in [-0.2, 0) is 16.6 Å². The topological polar surface area (TPSA) is 76.1 Å². The van der Waals surface area contributed by atoms with Crippen molar-refractivity contribution in [2.24, 2.45) is 5.73 Å². The number of ether oxygens (including phenoxy) is 1. The molecule has 0 saturated heterocycles. The van der Waals surface area contributed by atoms with Gasteiger partial charge in [0, 0.05) is 28.3 Å². The van der Waals surface area contributed by atoms with Gasteiger partial charge in [-0.05, 0) is 24.6 Å². The van der Waals surface area contributed by atoms with Crippen LogP contribution in [0.5, 0.6) is 5.75 Å². The summed E-state index contributed by atoms with van der Waals surface area (Å²) in [5.41, 5.74) is 6.96. The smallest absolute Gasteiger partial charge is 0.136 e. The summed E-state index contributed by atoms with van der Waals surface area (Å²) in [5.74, 6) is 1.43. The third-order valence-electron chi connectivity index (χ3n) is 2.16. The summed E-state index contributed by atoms with van der Waals surface area (Å²) in [4.78, 5) is 0. The van der Waals surface area contributed by atoms with Gasteiger partial charge in [0.1, 0.15) is 11.8 Å². The molecule has 0 radical (unpaired) electrons. The van der Waals surface area contributed by atoms with Crippen molar-refractivity contribution in [1.82, 2.24) is 0 Å². The lowest BCUT2D eigenvalue weighted by Gasteiger charge is -2.08. The van der Waals surface area contributed by atoms with E-state index in [4.69, 9.17) is 15.7 Å². The molecule has 1 aromatic carbocycles. The summed E-state index contributed by atoms with van der Waals surface area (Å²) >= 11 is 0. The second-order valence-corrected chi connectivity index (χ2v) is 5.38. The molecule has 0 aliphatic heterocycles. The zero-order valence-corrected chi connectivity index (χ0v) is 10.8. The standard InChI is InChI=1S/C12H16N2O2S/c1-9(14)7-17(15)8-10-3-4-11(6-13)12(5-10)16-2/h3-5,9H,7-8,14H2,1-2H3. The van der Waals surface area contributed by atoms with Crippen molar-refractivity contribution < 1.29 is 8.95 Å². The van der Waals surface area contributed by atoms with Crippen molar-refractivity contribution in [2.45, 2.75) is 18.7 Å². The largest absolute Gasteiger partial charge is 0.495 e. The summed E-state index contributed by atoms with van der Waals surface area (Å²) in [6, 6.07) is 7.18. The molecule has 2 unspecified atom stereocenters. The second-order valence-electron chi connectivity index (χ2n) is 3.87. The first kappa shape index (κ1) is 13.7. The van der Waals surface area contributed by atoms with Gasteiger partial charge in [-0.25, -0.2) is 0 Å². The quantitative estimate of drug-likeness (QED) is 0.853. The van der Waals surface area contributed by atoms with Crippen molar-refractivity contribution in [3.05, 3.63) is 29.3 Å². The van der Waals surface area contributed by atoms with Gasteiger partial charge in [-0.15, -0.1) is 0 Å². The van der Waals surface area contributed by atoms with Crippen molar-refractivity contribution in [3.63, 3.8) is 0 Å². The van der Waals surface area contributed by atoms with Gasteiger partial charge >= 0.3 is 0 Å². The van der Waals surface area contributed by atoms with Crippen LogP contribution in [0.3, 0.4) is 0 Å². The highest BCUT2D eigenvalue weighted by Crippen LogP contribution is 2.20. The Morgan fingerprint density at radius 1 is 1.59 bits per heavy atom. The summed E-state index contributed by atoms with van der Waals surface area (Å²) in [6.45, 7) is 1.83. The summed E-state index contributed by atoms with van der Waals surface area (Å²) in [6.07, 6.45) is 0. The minimum absolute atomic E-state index is 0.0730. The van der Waals surface area contributed by atoms with E-state index < -0.39 is 10.8 Å². The number of nitriles is 1. The van der Waals surface area contributed by atoms with Crippen LogP contribution < -0.4 is 10.5 Å². The molecule has 5 heteroatoms. The van der Waals surface area contributed by atoms with E-state index in [1.807, 2.05) is 13.0 Å². The fourth-order valence-electron chi connectivity index (χ4n) is 1.46. The molecule has 17 heavy (non-hydrogen) atoms. The predicted molar refractivity (Wildman–Crippen MR) is 68.1 cm³/mol. The van der Waals surface area contributed by atoms with E-state index in [9.17, 15) is 4.21 Å². The van der Waals surface area contributed by atoms with E-state index >= 15 is 0 Å². The number of methoxy groups -OCH3 is 1. The van der Waals surface area contributed by atoms with E-state index in [0.29, 0.717) is 22.8 Å². The fraction of sp³-hybridized carbons (Fsp3) is 0.417.